The topological polar surface area (TPSA) is 81.2 Å². The molecule has 9 heteroatoms. The Bertz CT molecular complexity index is 1020. The SMILES string of the molecule is O=c1[nH]n(S(=O)(=O)Oc2ccc(Cl)c(Cl)c2)c2ccccc12. The molecular weight excluding hydrogens is 351 g/mol. The minimum Gasteiger partial charge on any atom is -0.365 e. The molecule has 0 radical (unpaired) electrons. The predicted octanol–water partition coefficient (Wildman–Crippen LogP) is 2.81. The maximum Gasteiger partial charge on any atom is 0.427 e. The molecule has 1 N–H and O–H groups in total. The third-order valence-corrected chi connectivity index (χ3v) is 4.76. The summed E-state index contributed by atoms with van der Waals surface area (Å²) in [6.07, 6.45) is 0. The van der Waals surface area contributed by atoms with Crippen LogP contribution in [0.15, 0.2) is 47.3 Å². The van der Waals surface area contributed by atoms with Gasteiger partial charge in [0.2, 0.25) is 0 Å². The largest absolute Gasteiger partial charge is 0.427 e. The van der Waals surface area contributed by atoms with Crippen molar-refractivity contribution in [2.75, 3.05) is 0 Å². The molecule has 0 fully saturated rings. The van der Waals surface area contributed by atoms with Gasteiger partial charge in [-0.15, -0.1) is 4.09 Å². The summed E-state index contributed by atoms with van der Waals surface area (Å²) in [7, 11) is -4.29. The number of aromatic amines is 1. The van der Waals surface area contributed by atoms with Gasteiger partial charge in [0, 0.05) is 6.07 Å². The van der Waals surface area contributed by atoms with Crippen LogP contribution in [0.1, 0.15) is 0 Å². The van der Waals surface area contributed by atoms with Crippen molar-refractivity contribution in [3.8, 4) is 5.75 Å². The standard InChI is InChI=1S/C13H8Cl2N2O4S/c14-10-6-5-8(7-11(10)15)21-22(19,20)17-12-4-2-1-3-9(12)13(18)16-17/h1-7H,(H,16,18). The number of aromatic nitrogens is 2. The summed E-state index contributed by atoms with van der Waals surface area (Å²) >= 11 is 11.6. The maximum atomic E-state index is 12.3. The smallest absolute Gasteiger partial charge is 0.365 e. The molecule has 0 aliphatic carbocycles. The van der Waals surface area contributed by atoms with Gasteiger partial charge >= 0.3 is 10.3 Å². The van der Waals surface area contributed by atoms with Crippen LogP contribution >= 0.6 is 23.2 Å². The Morgan fingerprint density at radius 1 is 1.05 bits per heavy atom. The van der Waals surface area contributed by atoms with Crippen LogP contribution < -0.4 is 9.74 Å². The normalized spacial score (nSPS) is 11.7. The van der Waals surface area contributed by atoms with Crippen LogP contribution in [0.4, 0.5) is 0 Å². The van der Waals surface area contributed by atoms with E-state index in [-0.39, 0.29) is 26.7 Å². The van der Waals surface area contributed by atoms with Crippen LogP contribution in [-0.4, -0.2) is 17.6 Å². The second-order valence-electron chi connectivity index (χ2n) is 4.34. The third kappa shape index (κ3) is 2.58. The lowest BCUT2D eigenvalue weighted by Crippen LogP contribution is -2.21. The van der Waals surface area contributed by atoms with Crippen molar-refractivity contribution in [2.24, 2.45) is 0 Å². The highest BCUT2D eigenvalue weighted by molar-refractivity contribution is 7.85. The number of benzene rings is 2. The van der Waals surface area contributed by atoms with Crippen LogP contribution in [0.2, 0.25) is 10.0 Å². The van der Waals surface area contributed by atoms with Gasteiger partial charge < -0.3 is 4.18 Å². The number of nitrogens with zero attached hydrogens (tertiary/aromatic N) is 1. The second kappa shape index (κ2) is 5.35. The number of hydrogen-bond donors (Lipinski definition) is 1. The fraction of sp³-hybridized carbons (Fsp3) is 0. The minimum atomic E-state index is -4.29. The number of fused-ring (bicyclic) bond motifs is 1. The molecule has 0 saturated carbocycles. The summed E-state index contributed by atoms with van der Waals surface area (Å²) < 4.78 is 30.3. The van der Waals surface area contributed by atoms with Crippen LogP contribution in [0.3, 0.4) is 0 Å². The lowest BCUT2D eigenvalue weighted by Gasteiger charge is -2.08. The van der Waals surface area contributed by atoms with E-state index in [9.17, 15) is 13.2 Å². The van der Waals surface area contributed by atoms with Crippen molar-refractivity contribution in [1.29, 1.82) is 0 Å². The van der Waals surface area contributed by atoms with E-state index in [0.29, 0.717) is 4.09 Å². The fourth-order valence-corrected chi connectivity index (χ4v) is 3.22. The minimum absolute atomic E-state index is 0.0203. The van der Waals surface area contributed by atoms with Gasteiger partial charge in [-0.05, 0) is 24.3 Å². The molecule has 0 unspecified atom stereocenters. The monoisotopic (exact) mass is 358 g/mol. The summed E-state index contributed by atoms with van der Waals surface area (Å²) in [6, 6.07) is 10.3. The van der Waals surface area contributed by atoms with Crippen molar-refractivity contribution in [3.63, 3.8) is 0 Å². The maximum absolute atomic E-state index is 12.3. The average Bonchev–Trinajstić information content (AvgIpc) is 2.81. The molecule has 1 heterocycles. The van der Waals surface area contributed by atoms with Gasteiger partial charge in [0.05, 0.1) is 20.9 Å². The highest BCUT2D eigenvalue weighted by Crippen LogP contribution is 2.27. The first kappa shape index (κ1) is 15.0. The molecule has 6 nitrogen and oxygen atoms in total. The van der Waals surface area contributed by atoms with Crippen molar-refractivity contribution in [2.45, 2.75) is 0 Å². The van der Waals surface area contributed by atoms with Crippen LogP contribution in [0.25, 0.3) is 10.9 Å². The zero-order valence-corrected chi connectivity index (χ0v) is 13.1. The van der Waals surface area contributed by atoms with Crippen molar-refractivity contribution in [3.05, 3.63) is 62.9 Å². The number of H-pyrrole nitrogens is 1. The molecule has 1 aromatic heterocycles. The Morgan fingerprint density at radius 2 is 1.77 bits per heavy atom. The number of hydrogen-bond acceptors (Lipinski definition) is 4. The fourth-order valence-electron chi connectivity index (χ4n) is 1.92. The molecule has 0 atom stereocenters. The first-order valence-corrected chi connectivity index (χ1v) is 8.10. The third-order valence-electron chi connectivity index (χ3n) is 2.89. The lowest BCUT2D eigenvalue weighted by molar-refractivity contribution is 0.471. The van der Waals surface area contributed by atoms with Gasteiger partial charge in [0.15, 0.2) is 0 Å². The average molecular weight is 359 g/mol. The summed E-state index contributed by atoms with van der Waals surface area (Å²) in [6.45, 7) is 0. The first-order valence-electron chi connectivity index (χ1n) is 5.98. The van der Waals surface area contributed by atoms with Gasteiger partial charge in [0.25, 0.3) is 5.56 Å². The van der Waals surface area contributed by atoms with Gasteiger partial charge in [0.1, 0.15) is 5.75 Å². The van der Waals surface area contributed by atoms with Gasteiger partial charge in [-0.25, -0.2) is 5.10 Å². The molecular formula is C13H8Cl2N2O4S. The molecule has 0 aliphatic rings. The van der Waals surface area contributed by atoms with Crippen molar-refractivity contribution >= 4 is 44.4 Å². The Hall–Kier alpha value is -1.96. The molecule has 3 aromatic rings. The number of para-hydroxylation sites is 1. The molecule has 3 rings (SSSR count). The summed E-state index contributed by atoms with van der Waals surface area (Å²) in [5.41, 5.74) is -0.343. The van der Waals surface area contributed by atoms with Gasteiger partial charge in [-0.2, -0.15) is 8.42 Å². The molecule has 0 saturated heterocycles. The summed E-state index contributed by atoms with van der Waals surface area (Å²) in [4.78, 5) is 11.8. The number of halogens is 2. The lowest BCUT2D eigenvalue weighted by atomic mass is 10.3. The number of nitrogens with one attached hydrogen (secondary N) is 1. The Morgan fingerprint density at radius 3 is 2.50 bits per heavy atom. The van der Waals surface area contributed by atoms with Crippen molar-refractivity contribution < 1.29 is 12.6 Å². The molecule has 0 amide bonds. The highest BCUT2D eigenvalue weighted by Gasteiger charge is 2.21. The Kier molecular flexibility index (Phi) is 3.64. The van der Waals surface area contributed by atoms with Gasteiger partial charge in [-0.1, -0.05) is 35.3 Å². The van der Waals surface area contributed by atoms with E-state index in [4.69, 9.17) is 27.4 Å². The molecule has 2 aromatic carbocycles. The van der Waals surface area contributed by atoms with Crippen molar-refractivity contribution in [1.82, 2.24) is 9.19 Å². The predicted molar refractivity (Wildman–Crippen MR) is 84.0 cm³/mol. The quantitative estimate of drug-likeness (QED) is 0.780. The van der Waals surface area contributed by atoms with E-state index in [1.165, 1.54) is 30.3 Å². The highest BCUT2D eigenvalue weighted by atomic mass is 35.5. The van der Waals surface area contributed by atoms with E-state index in [0.717, 1.165) is 0 Å². The van der Waals surface area contributed by atoms with Crippen LogP contribution in [0.5, 0.6) is 5.75 Å². The Balaban J connectivity index is 2.09. The molecule has 0 aliphatic heterocycles. The van der Waals surface area contributed by atoms with Crippen LogP contribution in [0, 0.1) is 0 Å². The van der Waals surface area contributed by atoms with E-state index in [1.807, 2.05) is 0 Å². The van der Waals surface area contributed by atoms with E-state index in [2.05, 4.69) is 5.10 Å². The molecule has 114 valence electrons. The first-order chi connectivity index (χ1) is 10.4. The summed E-state index contributed by atoms with van der Waals surface area (Å²) in [5, 5.41) is 2.89. The zero-order chi connectivity index (χ0) is 15.9. The van der Waals surface area contributed by atoms with E-state index in [1.54, 1.807) is 12.1 Å². The summed E-state index contributed by atoms with van der Waals surface area (Å²) in [5.74, 6) is -0.0203. The van der Waals surface area contributed by atoms with Crippen LogP contribution in [-0.2, 0) is 10.3 Å². The van der Waals surface area contributed by atoms with Gasteiger partial charge in [-0.3, -0.25) is 4.79 Å². The second-order valence-corrected chi connectivity index (χ2v) is 6.54. The molecule has 0 spiro atoms. The Labute approximate surface area is 135 Å². The van der Waals surface area contributed by atoms with E-state index < -0.39 is 15.9 Å². The molecule has 0 bridgehead atoms. The molecule has 22 heavy (non-hydrogen) atoms. The van der Waals surface area contributed by atoms with E-state index >= 15 is 0 Å². The zero-order valence-electron chi connectivity index (χ0n) is 10.8. The number of rotatable bonds is 3.